The Balaban J connectivity index is 2.53. The monoisotopic (exact) mass is 289 g/mol. The van der Waals surface area contributed by atoms with Gasteiger partial charge in [-0.2, -0.15) is 0 Å². The van der Waals surface area contributed by atoms with E-state index in [2.05, 4.69) is 47.1 Å². The summed E-state index contributed by atoms with van der Waals surface area (Å²) >= 11 is 3.57. The average molecular weight is 290 g/mol. The predicted octanol–water partition coefficient (Wildman–Crippen LogP) is 3.98. The summed E-state index contributed by atoms with van der Waals surface area (Å²) in [5.74, 6) is 0. The first-order valence-corrected chi connectivity index (χ1v) is 6.42. The maximum Gasteiger partial charge on any atom is 0.0648 e. The highest BCUT2D eigenvalue weighted by Gasteiger charge is 2.25. The first-order valence-electron chi connectivity index (χ1n) is 5.63. The summed E-state index contributed by atoms with van der Waals surface area (Å²) in [5.41, 5.74) is 9.48. The summed E-state index contributed by atoms with van der Waals surface area (Å²) in [5, 5.41) is 0. The third-order valence-corrected chi connectivity index (χ3v) is 3.74. The fourth-order valence-corrected chi connectivity index (χ4v) is 2.70. The Hall–Kier alpha value is -1.12. The Morgan fingerprint density at radius 2 is 1.76 bits per heavy atom. The summed E-state index contributed by atoms with van der Waals surface area (Å²) in [6.07, 6.45) is 0. The van der Waals surface area contributed by atoms with E-state index < -0.39 is 5.54 Å². The van der Waals surface area contributed by atoms with Crippen molar-refractivity contribution in [1.29, 1.82) is 0 Å². The van der Waals surface area contributed by atoms with Crippen LogP contribution in [0.3, 0.4) is 0 Å². The summed E-state index contributed by atoms with van der Waals surface area (Å²) < 4.78 is 1.05. The van der Waals surface area contributed by atoms with Gasteiger partial charge in [0.1, 0.15) is 0 Å². The molecule has 0 aliphatic carbocycles. The zero-order chi connectivity index (χ0) is 12.5. The number of hydrogen-bond donors (Lipinski definition) is 1. The second kappa shape index (κ2) is 4.63. The van der Waals surface area contributed by atoms with Crippen molar-refractivity contribution in [2.75, 3.05) is 0 Å². The molecule has 0 fully saturated rings. The number of rotatable bonds is 2. The van der Waals surface area contributed by atoms with Crippen LogP contribution in [0.25, 0.3) is 0 Å². The van der Waals surface area contributed by atoms with Gasteiger partial charge in [0.25, 0.3) is 0 Å². The lowest BCUT2D eigenvalue weighted by Crippen LogP contribution is -2.34. The number of benzene rings is 2. The van der Waals surface area contributed by atoms with Gasteiger partial charge < -0.3 is 5.73 Å². The van der Waals surface area contributed by atoms with Gasteiger partial charge in [0.05, 0.1) is 5.54 Å². The smallest absolute Gasteiger partial charge is 0.0648 e. The van der Waals surface area contributed by atoms with Crippen LogP contribution in [0, 0.1) is 6.92 Å². The van der Waals surface area contributed by atoms with E-state index >= 15 is 0 Å². The van der Waals surface area contributed by atoms with Crippen LogP contribution in [-0.4, -0.2) is 0 Å². The molecule has 0 aliphatic rings. The van der Waals surface area contributed by atoms with Gasteiger partial charge in [0.15, 0.2) is 0 Å². The van der Waals surface area contributed by atoms with Crippen LogP contribution in [0.1, 0.15) is 23.6 Å². The van der Waals surface area contributed by atoms with Crippen LogP contribution in [0.5, 0.6) is 0 Å². The molecular formula is C15H16BrN. The Labute approximate surface area is 111 Å². The van der Waals surface area contributed by atoms with Gasteiger partial charge in [-0.1, -0.05) is 64.0 Å². The van der Waals surface area contributed by atoms with Crippen molar-refractivity contribution in [3.05, 3.63) is 69.7 Å². The molecule has 0 aliphatic heterocycles. The van der Waals surface area contributed by atoms with Gasteiger partial charge in [-0.25, -0.2) is 0 Å². The predicted molar refractivity (Wildman–Crippen MR) is 76.0 cm³/mol. The zero-order valence-corrected chi connectivity index (χ0v) is 11.7. The van der Waals surface area contributed by atoms with E-state index in [1.807, 2.05) is 31.2 Å². The molecule has 88 valence electrons. The molecule has 0 radical (unpaired) electrons. The number of nitrogens with two attached hydrogens (primary N) is 1. The van der Waals surface area contributed by atoms with Gasteiger partial charge in [-0.3, -0.25) is 0 Å². The van der Waals surface area contributed by atoms with Crippen LogP contribution in [0.4, 0.5) is 0 Å². The normalized spacial score (nSPS) is 14.4. The van der Waals surface area contributed by atoms with Gasteiger partial charge in [-0.05, 0) is 31.0 Å². The number of aryl methyl sites for hydroxylation is 1. The van der Waals surface area contributed by atoms with E-state index in [-0.39, 0.29) is 0 Å². The Bertz CT molecular complexity index is 532. The van der Waals surface area contributed by atoms with Crippen molar-refractivity contribution in [1.82, 2.24) is 0 Å². The van der Waals surface area contributed by atoms with Gasteiger partial charge in [0.2, 0.25) is 0 Å². The van der Waals surface area contributed by atoms with Gasteiger partial charge in [0, 0.05) is 4.47 Å². The summed E-state index contributed by atoms with van der Waals surface area (Å²) in [6, 6.07) is 16.4. The maximum atomic E-state index is 6.50. The van der Waals surface area contributed by atoms with Crippen molar-refractivity contribution in [2.24, 2.45) is 5.73 Å². The molecule has 0 saturated carbocycles. The Morgan fingerprint density at radius 3 is 2.41 bits per heavy atom. The lowest BCUT2D eigenvalue weighted by Gasteiger charge is -2.27. The fraction of sp³-hybridized carbons (Fsp3) is 0.200. The highest BCUT2D eigenvalue weighted by Crippen LogP contribution is 2.32. The van der Waals surface area contributed by atoms with Crippen molar-refractivity contribution >= 4 is 15.9 Å². The first kappa shape index (κ1) is 12.3. The average Bonchev–Trinajstić information content (AvgIpc) is 2.29. The minimum Gasteiger partial charge on any atom is -0.318 e. The number of halogens is 1. The van der Waals surface area contributed by atoms with E-state index in [0.717, 1.165) is 15.6 Å². The van der Waals surface area contributed by atoms with Gasteiger partial charge >= 0.3 is 0 Å². The summed E-state index contributed by atoms with van der Waals surface area (Å²) in [4.78, 5) is 0. The third kappa shape index (κ3) is 2.43. The molecule has 2 rings (SSSR count). The number of hydrogen-bond acceptors (Lipinski definition) is 1. The first-order chi connectivity index (χ1) is 8.01. The van der Waals surface area contributed by atoms with E-state index in [1.54, 1.807) is 0 Å². The lowest BCUT2D eigenvalue weighted by molar-refractivity contribution is 0.599. The minimum atomic E-state index is -0.480. The van der Waals surface area contributed by atoms with Crippen LogP contribution in [-0.2, 0) is 5.54 Å². The molecule has 0 amide bonds. The molecular weight excluding hydrogens is 274 g/mol. The SMILES string of the molecule is Cc1cccc(C(C)(N)c2ccccc2Br)c1. The minimum absolute atomic E-state index is 0.480. The summed E-state index contributed by atoms with van der Waals surface area (Å²) in [7, 11) is 0. The van der Waals surface area contributed by atoms with Crippen molar-refractivity contribution in [2.45, 2.75) is 19.4 Å². The molecule has 2 aromatic rings. The molecule has 0 heterocycles. The van der Waals surface area contributed by atoms with E-state index in [0.29, 0.717) is 0 Å². The zero-order valence-electron chi connectivity index (χ0n) is 10.1. The molecule has 2 aromatic carbocycles. The standard InChI is InChI=1S/C15H16BrN/c1-11-6-5-7-12(10-11)15(2,17)13-8-3-4-9-14(13)16/h3-10H,17H2,1-2H3. The van der Waals surface area contributed by atoms with E-state index in [9.17, 15) is 0 Å². The van der Waals surface area contributed by atoms with Crippen molar-refractivity contribution in [3.63, 3.8) is 0 Å². The molecule has 0 saturated heterocycles. The molecule has 0 spiro atoms. The second-order valence-corrected chi connectivity index (χ2v) is 5.41. The molecule has 1 unspecified atom stereocenters. The topological polar surface area (TPSA) is 26.0 Å². The Morgan fingerprint density at radius 1 is 1.06 bits per heavy atom. The van der Waals surface area contributed by atoms with Crippen LogP contribution < -0.4 is 5.73 Å². The molecule has 0 aromatic heterocycles. The lowest BCUT2D eigenvalue weighted by atomic mass is 9.85. The summed E-state index contributed by atoms with van der Waals surface area (Å²) in [6.45, 7) is 4.13. The second-order valence-electron chi connectivity index (χ2n) is 4.55. The van der Waals surface area contributed by atoms with Crippen LogP contribution >= 0.6 is 15.9 Å². The Kier molecular flexibility index (Phi) is 3.36. The van der Waals surface area contributed by atoms with E-state index in [1.165, 1.54) is 5.56 Å². The molecule has 1 nitrogen and oxygen atoms in total. The van der Waals surface area contributed by atoms with Crippen molar-refractivity contribution in [3.8, 4) is 0 Å². The van der Waals surface area contributed by atoms with Gasteiger partial charge in [-0.15, -0.1) is 0 Å². The molecule has 0 bridgehead atoms. The van der Waals surface area contributed by atoms with E-state index in [4.69, 9.17) is 5.73 Å². The third-order valence-electron chi connectivity index (χ3n) is 3.05. The highest BCUT2D eigenvalue weighted by molar-refractivity contribution is 9.10. The fourth-order valence-electron chi connectivity index (χ4n) is 2.01. The maximum absolute atomic E-state index is 6.50. The van der Waals surface area contributed by atoms with Crippen LogP contribution in [0.15, 0.2) is 53.0 Å². The molecule has 17 heavy (non-hydrogen) atoms. The molecule has 1 atom stereocenters. The quantitative estimate of drug-likeness (QED) is 0.889. The van der Waals surface area contributed by atoms with Crippen LogP contribution in [0.2, 0.25) is 0 Å². The van der Waals surface area contributed by atoms with Crippen molar-refractivity contribution < 1.29 is 0 Å². The molecule has 2 N–H and O–H groups in total. The largest absolute Gasteiger partial charge is 0.318 e. The molecule has 2 heteroatoms. The highest BCUT2D eigenvalue weighted by atomic mass is 79.9.